The number of allylic oxidation sites excluding steroid dienone is 4. The van der Waals surface area contributed by atoms with Crippen molar-refractivity contribution in [2.24, 2.45) is 34.3 Å². The summed E-state index contributed by atoms with van der Waals surface area (Å²) in [6.07, 6.45) is 14.6. The number of primary amides is 1. The van der Waals surface area contributed by atoms with Crippen molar-refractivity contribution >= 4 is 11.7 Å². The molecular weight excluding hydrogens is 360 g/mol. The molecule has 0 radical (unpaired) electrons. The van der Waals surface area contributed by atoms with Gasteiger partial charge in [-0.1, -0.05) is 17.7 Å². The van der Waals surface area contributed by atoms with Gasteiger partial charge in [-0.05, 0) is 89.9 Å². The Balaban J connectivity index is 1.51. The van der Waals surface area contributed by atoms with E-state index in [1.807, 2.05) is 12.2 Å². The SMILES string of the molecule is CC1(C)CC2=CC=C(C(N)=O)CC2(C)/C(=C/C(=O)C23CC4CC(CC(C4)C2)C3)N1. The molecule has 5 aliphatic carbocycles. The van der Waals surface area contributed by atoms with Crippen molar-refractivity contribution in [3.8, 4) is 0 Å². The maximum absolute atomic E-state index is 13.8. The zero-order chi connectivity index (χ0) is 20.6. The second-order valence-electron chi connectivity index (χ2n) is 11.6. The second-order valence-corrected chi connectivity index (χ2v) is 11.6. The van der Waals surface area contributed by atoms with Crippen LogP contribution in [0.2, 0.25) is 0 Å². The lowest BCUT2D eigenvalue weighted by Gasteiger charge is -2.56. The number of amides is 1. The van der Waals surface area contributed by atoms with E-state index in [-0.39, 0.29) is 22.3 Å². The summed E-state index contributed by atoms with van der Waals surface area (Å²) in [5.74, 6) is 2.23. The van der Waals surface area contributed by atoms with Gasteiger partial charge in [-0.3, -0.25) is 9.59 Å². The highest BCUT2D eigenvalue weighted by Crippen LogP contribution is 2.61. The summed E-state index contributed by atoms with van der Waals surface area (Å²) in [7, 11) is 0. The molecule has 1 amide bonds. The first kappa shape index (κ1) is 19.1. The number of rotatable bonds is 3. The Bertz CT molecular complexity index is 840. The Morgan fingerprint density at radius 1 is 1.00 bits per heavy atom. The molecule has 1 heterocycles. The number of nitrogens with two attached hydrogens (primary N) is 1. The predicted molar refractivity (Wildman–Crippen MR) is 114 cm³/mol. The monoisotopic (exact) mass is 394 g/mol. The highest BCUT2D eigenvalue weighted by Gasteiger charge is 2.54. The molecular formula is C25H34N2O2. The molecule has 4 bridgehead atoms. The topological polar surface area (TPSA) is 72.2 Å². The second kappa shape index (κ2) is 6.09. The third-order valence-electron chi connectivity index (χ3n) is 8.59. The summed E-state index contributed by atoms with van der Waals surface area (Å²) >= 11 is 0. The van der Waals surface area contributed by atoms with Gasteiger partial charge in [-0.15, -0.1) is 0 Å². The molecule has 1 atom stereocenters. The molecule has 6 aliphatic rings. The summed E-state index contributed by atoms with van der Waals surface area (Å²) in [6.45, 7) is 6.53. The molecule has 6 rings (SSSR count). The van der Waals surface area contributed by atoms with Crippen molar-refractivity contribution in [1.82, 2.24) is 5.32 Å². The van der Waals surface area contributed by atoms with Gasteiger partial charge >= 0.3 is 0 Å². The first-order chi connectivity index (χ1) is 13.6. The molecule has 0 aromatic rings. The summed E-state index contributed by atoms with van der Waals surface area (Å²) in [5, 5.41) is 3.67. The quantitative estimate of drug-likeness (QED) is 0.706. The summed E-state index contributed by atoms with van der Waals surface area (Å²) in [4.78, 5) is 25.6. The third kappa shape index (κ3) is 3.02. The summed E-state index contributed by atoms with van der Waals surface area (Å²) in [5.41, 5.74) is 7.91. The van der Waals surface area contributed by atoms with Crippen LogP contribution in [0.25, 0.3) is 0 Å². The van der Waals surface area contributed by atoms with Gasteiger partial charge in [0, 0.05) is 33.7 Å². The number of fused-ring (bicyclic) bond motifs is 1. The van der Waals surface area contributed by atoms with E-state index in [9.17, 15) is 9.59 Å². The van der Waals surface area contributed by atoms with Crippen LogP contribution in [0.5, 0.6) is 0 Å². The van der Waals surface area contributed by atoms with Gasteiger partial charge in [0.25, 0.3) is 0 Å². The van der Waals surface area contributed by atoms with E-state index in [2.05, 4.69) is 32.2 Å². The number of ketones is 1. The van der Waals surface area contributed by atoms with Crippen LogP contribution in [0.4, 0.5) is 0 Å². The van der Waals surface area contributed by atoms with Gasteiger partial charge in [0.15, 0.2) is 5.78 Å². The van der Waals surface area contributed by atoms with Crippen LogP contribution < -0.4 is 11.1 Å². The fraction of sp³-hybridized carbons (Fsp3) is 0.680. The molecule has 5 fully saturated rings. The van der Waals surface area contributed by atoms with Gasteiger partial charge in [-0.2, -0.15) is 0 Å². The van der Waals surface area contributed by atoms with Crippen LogP contribution in [-0.2, 0) is 9.59 Å². The number of carbonyl (C=O) groups is 2. The molecule has 1 unspecified atom stereocenters. The third-order valence-corrected chi connectivity index (χ3v) is 8.59. The Morgan fingerprint density at radius 3 is 2.14 bits per heavy atom. The minimum absolute atomic E-state index is 0.114. The Hall–Kier alpha value is -1.84. The molecule has 1 aliphatic heterocycles. The Labute approximate surface area is 174 Å². The smallest absolute Gasteiger partial charge is 0.244 e. The lowest BCUT2D eigenvalue weighted by molar-refractivity contribution is -0.138. The molecule has 4 nitrogen and oxygen atoms in total. The van der Waals surface area contributed by atoms with Crippen LogP contribution in [0.1, 0.15) is 72.1 Å². The molecule has 0 aromatic heterocycles. The summed E-state index contributed by atoms with van der Waals surface area (Å²) < 4.78 is 0. The average molecular weight is 395 g/mol. The van der Waals surface area contributed by atoms with Crippen LogP contribution in [0.15, 0.2) is 35.1 Å². The Kier molecular flexibility index (Phi) is 4.02. The number of carbonyl (C=O) groups excluding carboxylic acids is 2. The van der Waals surface area contributed by atoms with Gasteiger partial charge in [0.05, 0.1) is 0 Å². The van der Waals surface area contributed by atoms with Gasteiger partial charge in [0.1, 0.15) is 0 Å². The van der Waals surface area contributed by atoms with Gasteiger partial charge in [0.2, 0.25) is 5.91 Å². The number of hydrogen-bond acceptors (Lipinski definition) is 3. The molecule has 1 saturated heterocycles. The van der Waals surface area contributed by atoms with Gasteiger partial charge < -0.3 is 11.1 Å². The van der Waals surface area contributed by atoms with Gasteiger partial charge in [-0.25, -0.2) is 0 Å². The van der Waals surface area contributed by atoms with Crippen molar-refractivity contribution in [3.63, 3.8) is 0 Å². The van der Waals surface area contributed by atoms with E-state index < -0.39 is 0 Å². The standard InChI is InChI=1S/C25H34N2O2/c1-23(2)14-19-5-4-18(22(26)29)13-24(19,3)20(27-23)9-21(28)25-10-15-6-16(11-25)8-17(7-15)12-25/h4-5,9,15-17,27H,6-8,10-14H2,1-3H3,(H2,26,29)/b20-9-. The molecule has 4 saturated carbocycles. The summed E-state index contributed by atoms with van der Waals surface area (Å²) in [6, 6.07) is 0. The first-order valence-electron chi connectivity index (χ1n) is 11.3. The first-order valence-corrected chi connectivity index (χ1v) is 11.3. The zero-order valence-corrected chi connectivity index (χ0v) is 18.0. The molecule has 3 N–H and O–H groups in total. The maximum Gasteiger partial charge on any atom is 0.244 e. The fourth-order valence-corrected chi connectivity index (χ4v) is 7.54. The van der Waals surface area contributed by atoms with Crippen molar-refractivity contribution in [1.29, 1.82) is 0 Å². The molecule has 29 heavy (non-hydrogen) atoms. The van der Waals surface area contributed by atoms with Crippen LogP contribution in [0, 0.1) is 28.6 Å². The lowest BCUT2D eigenvalue weighted by Crippen LogP contribution is -2.53. The fourth-order valence-electron chi connectivity index (χ4n) is 7.54. The molecule has 156 valence electrons. The molecule has 0 spiro atoms. The number of piperidine rings is 1. The lowest BCUT2D eigenvalue weighted by atomic mass is 9.48. The Morgan fingerprint density at radius 2 is 1.59 bits per heavy atom. The van der Waals surface area contributed by atoms with E-state index in [1.165, 1.54) is 24.8 Å². The highest BCUT2D eigenvalue weighted by atomic mass is 16.1. The minimum Gasteiger partial charge on any atom is -0.382 e. The van der Waals surface area contributed by atoms with Crippen molar-refractivity contribution in [2.45, 2.75) is 77.7 Å². The maximum atomic E-state index is 13.8. The zero-order valence-electron chi connectivity index (χ0n) is 18.0. The van der Waals surface area contributed by atoms with E-state index in [1.54, 1.807) is 0 Å². The van der Waals surface area contributed by atoms with Crippen LogP contribution in [0.3, 0.4) is 0 Å². The number of hydrogen-bond donors (Lipinski definition) is 2. The number of nitrogens with one attached hydrogen (secondary N) is 1. The normalized spacial score (nSPS) is 43.3. The molecule has 4 heteroatoms. The minimum atomic E-state index is -0.363. The van der Waals surface area contributed by atoms with E-state index >= 15 is 0 Å². The van der Waals surface area contributed by atoms with E-state index in [4.69, 9.17) is 5.73 Å². The van der Waals surface area contributed by atoms with Crippen molar-refractivity contribution in [3.05, 3.63) is 35.1 Å². The highest BCUT2D eigenvalue weighted by molar-refractivity contribution is 5.96. The van der Waals surface area contributed by atoms with Crippen molar-refractivity contribution < 1.29 is 9.59 Å². The largest absolute Gasteiger partial charge is 0.382 e. The predicted octanol–water partition coefficient (Wildman–Crippen LogP) is 4.18. The molecule has 0 aromatic carbocycles. The van der Waals surface area contributed by atoms with E-state index in [0.717, 1.165) is 49.1 Å². The average Bonchev–Trinajstić information content (AvgIpc) is 2.60. The van der Waals surface area contributed by atoms with Crippen molar-refractivity contribution in [2.75, 3.05) is 0 Å². The van der Waals surface area contributed by atoms with E-state index in [0.29, 0.717) is 17.8 Å². The van der Waals surface area contributed by atoms with Crippen LogP contribution >= 0.6 is 0 Å². The van der Waals surface area contributed by atoms with Crippen LogP contribution in [-0.4, -0.2) is 17.2 Å².